The van der Waals surface area contributed by atoms with Crippen LogP contribution in [0.3, 0.4) is 0 Å². The van der Waals surface area contributed by atoms with Crippen LogP contribution >= 0.6 is 0 Å². The molecule has 0 aliphatic rings. The number of nitrogens with zero attached hydrogens (tertiary/aromatic N) is 2. The van der Waals surface area contributed by atoms with Crippen molar-refractivity contribution in [2.45, 2.75) is 233 Å². The van der Waals surface area contributed by atoms with Crippen LogP contribution in [-0.4, -0.2) is 99.0 Å². The zero-order valence-corrected chi connectivity index (χ0v) is 38.4. The zero-order chi connectivity index (χ0) is 41.7. The van der Waals surface area contributed by atoms with Gasteiger partial charge in [0.25, 0.3) is 0 Å². The van der Waals surface area contributed by atoms with Crippen molar-refractivity contribution >= 4 is 12.1 Å². The molecule has 0 rings (SSSR count). The van der Waals surface area contributed by atoms with Gasteiger partial charge in [0.05, 0.1) is 19.6 Å². The van der Waals surface area contributed by atoms with Gasteiger partial charge in [0.2, 0.25) is 0 Å². The molecule has 0 saturated carbocycles. The van der Waals surface area contributed by atoms with E-state index in [1.807, 2.05) is 4.90 Å². The largest absolute Gasteiger partial charge is 0.466 e. The molecule has 0 aromatic carbocycles. The van der Waals surface area contributed by atoms with Crippen LogP contribution in [0.4, 0.5) is 4.79 Å². The molecule has 0 heterocycles. The Kier molecular flexibility index (Phi) is 44.5. The van der Waals surface area contributed by atoms with Crippen LogP contribution < -0.4 is 0 Å². The van der Waals surface area contributed by atoms with Crippen molar-refractivity contribution in [3.05, 3.63) is 0 Å². The van der Waals surface area contributed by atoms with Gasteiger partial charge in [-0.1, -0.05) is 156 Å². The number of hydrogen-bond donors (Lipinski definition) is 1. The van der Waals surface area contributed by atoms with E-state index in [2.05, 4.69) is 32.6 Å². The first-order valence-electron chi connectivity index (χ1n) is 24.7. The van der Waals surface area contributed by atoms with Crippen molar-refractivity contribution in [2.24, 2.45) is 0 Å². The smallest absolute Gasteiger partial charge is 0.409 e. The van der Waals surface area contributed by atoms with Crippen LogP contribution in [0.1, 0.15) is 227 Å². The summed E-state index contributed by atoms with van der Waals surface area (Å²) in [5.74, 6) is -0.174. The molecule has 0 aromatic rings. The Morgan fingerprint density at radius 2 is 0.807 bits per heavy atom. The van der Waals surface area contributed by atoms with Gasteiger partial charge >= 0.3 is 12.1 Å². The molecule has 0 fully saturated rings. The third-order valence-corrected chi connectivity index (χ3v) is 10.9. The van der Waals surface area contributed by atoms with Crippen molar-refractivity contribution in [1.29, 1.82) is 0 Å². The summed E-state index contributed by atoms with van der Waals surface area (Å²) in [6.45, 7) is 15.8. The highest BCUT2D eigenvalue weighted by atomic mass is 16.7. The standard InChI is InChI=1S/C48H96N2O7/c1-5-9-13-17-20-27-40-50(39-26-16-12-8-4)48(53)57-45-31-24-21-25-36-49(38-33-41-51)37-28-32-42-54-46(52)34-35-47(55-43-29-22-18-14-10-6-2)56-44-30-23-19-15-11-7-3/h47,51H,5-45H2,1-4H3. The Balaban J connectivity index is 4.37. The monoisotopic (exact) mass is 813 g/mol. The molecule has 0 atom stereocenters. The Hall–Kier alpha value is -1.42. The molecule has 1 N–H and O–H groups in total. The van der Waals surface area contributed by atoms with E-state index in [0.29, 0.717) is 39.3 Å². The zero-order valence-electron chi connectivity index (χ0n) is 38.4. The molecule has 0 aliphatic carbocycles. The first-order valence-corrected chi connectivity index (χ1v) is 24.7. The van der Waals surface area contributed by atoms with Crippen LogP contribution in [0.15, 0.2) is 0 Å². The fourth-order valence-corrected chi connectivity index (χ4v) is 7.12. The Bertz CT molecular complexity index is 815. The number of carbonyl (C=O) groups is 2. The number of rotatable bonds is 46. The van der Waals surface area contributed by atoms with Crippen LogP contribution in [0.5, 0.6) is 0 Å². The lowest BCUT2D eigenvalue weighted by atomic mass is 10.1. The minimum absolute atomic E-state index is 0.134. The number of amides is 1. The summed E-state index contributed by atoms with van der Waals surface area (Å²) in [5.41, 5.74) is 0. The summed E-state index contributed by atoms with van der Waals surface area (Å²) in [6.07, 6.45) is 33.7. The summed E-state index contributed by atoms with van der Waals surface area (Å²) in [5, 5.41) is 9.44. The predicted octanol–water partition coefficient (Wildman–Crippen LogP) is 12.8. The molecular weight excluding hydrogens is 717 g/mol. The van der Waals surface area contributed by atoms with Gasteiger partial charge in [-0.3, -0.25) is 4.79 Å². The van der Waals surface area contributed by atoms with E-state index in [1.54, 1.807) is 0 Å². The van der Waals surface area contributed by atoms with Crippen molar-refractivity contribution in [3.63, 3.8) is 0 Å². The predicted molar refractivity (Wildman–Crippen MR) is 239 cm³/mol. The maximum absolute atomic E-state index is 12.9. The van der Waals surface area contributed by atoms with E-state index in [4.69, 9.17) is 18.9 Å². The maximum Gasteiger partial charge on any atom is 0.409 e. The summed E-state index contributed by atoms with van der Waals surface area (Å²) in [4.78, 5) is 29.9. The van der Waals surface area contributed by atoms with Crippen molar-refractivity contribution in [1.82, 2.24) is 9.80 Å². The van der Waals surface area contributed by atoms with Crippen LogP contribution in [0, 0.1) is 0 Å². The molecule has 340 valence electrons. The van der Waals surface area contributed by atoms with Crippen LogP contribution in [0.2, 0.25) is 0 Å². The number of ether oxygens (including phenoxy) is 4. The van der Waals surface area contributed by atoms with Crippen LogP contribution in [0.25, 0.3) is 0 Å². The van der Waals surface area contributed by atoms with Gasteiger partial charge in [0.1, 0.15) is 0 Å². The van der Waals surface area contributed by atoms with Gasteiger partial charge in [-0.05, 0) is 70.9 Å². The first-order chi connectivity index (χ1) is 28.0. The van der Waals surface area contributed by atoms with Gasteiger partial charge < -0.3 is 33.9 Å². The van der Waals surface area contributed by atoms with Crippen molar-refractivity contribution in [3.8, 4) is 0 Å². The van der Waals surface area contributed by atoms with E-state index < -0.39 is 0 Å². The number of hydrogen-bond acceptors (Lipinski definition) is 8. The molecule has 0 unspecified atom stereocenters. The first kappa shape index (κ1) is 55.6. The van der Waals surface area contributed by atoms with Crippen molar-refractivity contribution < 1.29 is 33.6 Å². The van der Waals surface area contributed by atoms with Gasteiger partial charge in [0.15, 0.2) is 6.29 Å². The highest BCUT2D eigenvalue weighted by molar-refractivity contribution is 5.69. The lowest BCUT2D eigenvalue weighted by Gasteiger charge is -2.22. The normalized spacial score (nSPS) is 11.6. The highest BCUT2D eigenvalue weighted by Crippen LogP contribution is 2.13. The molecule has 1 amide bonds. The number of esters is 1. The summed E-state index contributed by atoms with van der Waals surface area (Å²) >= 11 is 0. The molecule has 0 aliphatic heterocycles. The Morgan fingerprint density at radius 3 is 1.32 bits per heavy atom. The molecule has 0 radical (unpaired) electrons. The fourth-order valence-electron chi connectivity index (χ4n) is 7.12. The molecule has 9 nitrogen and oxygen atoms in total. The van der Waals surface area contributed by atoms with E-state index >= 15 is 0 Å². The van der Waals surface area contributed by atoms with E-state index in [0.717, 1.165) is 103 Å². The fraction of sp³-hybridized carbons (Fsp3) is 0.958. The van der Waals surface area contributed by atoms with Crippen LogP contribution in [-0.2, 0) is 23.7 Å². The third kappa shape index (κ3) is 39.8. The Labute approximate surface area is 353 Å². The lowest BCUT2D eigenvalue weighted by molar-refractivity contribution is -0.159. The molecule has 0 aromatic heterocycles. The molecule has 0 saturated heterocycles. The number of aliphatic hydroxyl groups is 1. The van der Waals surface area contributed by atoms with Crippen molar-refractivity contribution in [2.75, 3.05) is 65.8 Å². The highest BCUT2D eigenvalue weighted by Gasteiger charge is 2.15. The maximum atomic E-state index is 12.9. The van der Waals surface area contributed by atoms with E-state index in [9.17, 15) is 14.7 Å². The molecule has 57 heavy (non-hydrogen) atoms. The van der Waals surface area contributed by atoms with E-state index in [-0.39, 0.29) is 25.0 Å². The second kappa shape index (κ2) is 45.7. The SMILES string of the molecule is CCCCCCCCOC(CCC(=O)OCCCCN(CCCO)CCCCCCOC(=O)N(CCCCCC)CCCCCCCC)OCCCCCCCC. The molecular formula is C48H96N2O7. The molecule has 0 bridgehead atoms. The quantitative estimate of drug-likeness (QED) is 0.0369. The number of carbonyl (C=O) groups excluding carboxylic acids is 2. The van der Waals surface area contributed by atoms with Gasteiger partial charge in [-0.2, -0.15) is 0 Å². The minimum atomic E-state index is -0.339. The topological polar surface area (TPSA) is 97.8 Å². The van der Waals surface area contributed by atoms with Gasteiger partial charge in [-0.15, -0.1) is 0 Å². The van der Waals surface area contributed by atoms with E-state index in [1.165, 1.54) is 116 Å². The Morgan fingerprint density at radius 1 is 0.439 bits per heavy atom. The average Bonchev–Trinajstić information content (AvgIpc) is 3.21. The second-order valence-corrected chi connectivity index (χ2v) is 16.4. The summed E-state index contributed by atoms with van der Waals surface area (Å²) < 4.78 is 23.5. The summed E-state index contributed by atoms with van der Waals surface area (Å²) in [6, 6.07) is 0. The average molecular weight is 813 g/mol. The second-order valence-electron chi connectivity index (χ2n) is 16.4. The lowest BCUT2D eigenvalue weighted by Crippen LogP contribution is -2.33. The molecule has 9 heteroatoms. The van der Waals surface area contributed by atoms with Gasteiger partial charge in [0, 0.05) is 45.9 Å². The summed E-state index contributed by atoms with van der Waals surface area (Å²) in [7, 11) is 0. The number of aliphatic hydroxyl groups excluding tert-OH is 1. The van der Waals surface area contributed by atoms with Gasteiger partial charge in [-0.25, -0.2) is 4.79 Å². The number of unbranched alkanes of at least 4 members (excludes halogenated alkanes) is 22. The molecule has 0 spiro atoms. The third-order valence-electron chi connectivity index (χ3n) is 10.9. The minimum Gasteiger partial charge on any atom is -0.466 e.